The maximum Gasteiger partial charge on any atom is 0.266 e. The fraction of sp³-hybridized carbons (Fsp3) is 0.368. The summed E-state index contributed by atoms with van der Waals surface area (Å²) >= 11 is 3.48. The van der Waals surface area contributed by atoms with Gasteiger partial charge in [-0.05, 0) is 49.4 Å². The third kappa shape index (κ3) is 4.27. The van der Waals surface area contributed by atoms with E-state index in [1.54, 1.807) is 18.5 Å². The Kier molecular flexibility index (Phi) is 5.33. The monoisotopic (exact) mass is 429 g/mol. The highest BCUT2D eigenvalue weighted by atomic mass is 79.9. The number of aromatic nitrogens is 4. The zero-order valence-corrected chi connectivity index (χ0v) is 16.3. The Hall–Kier alpha value is -2.48. The lowest BCUT2D eigenvalue weighted by atomic mass is 9.93. The van der Waals surface area contributed by atoms with Crippen molar-refractivity contribution >= 4 is 32.9 Å². The van der Waals surface area contributed by atoms with Crippen LogP contribution in [0.3, 0.4) is 0 Å². The number of anilines is 1. The van der Waals surface area contributed by atoms with Crippen LogP contribution >= 0.6 is 15.9 Å². The number of hydrogen-bond donors (Lipinski definition) is 2. The summed E-state index contributed by atoms with van der Waals surface area (Å²) in [6, 6.07) is 6.07. The number of nitrogens with zero attached hydrogens (tertiary/aromatic N) is 3. The molecule has 7 nitrogen and oxygen atoms in total. The summed E-state index contributed by atoms with van der Waals surface area (Å²) in [4.78, 5) is 27.2. The topological polar surface area (TPSA) is 92.8 Å². The van der Waals surface area contributed by atoms with E-state index in [1.807, 2.05) is 12.1 Å². The Morgan fingerprint density at radius 1 is 1.15 bits per heavy atom. The van der Waals surface area contributed by atoms with Crippen molar-refractivity contribution in [1.82, 2.24) is 19.9 Å². The van der Waals surface area contributed by atoms with Gasteiger partial charge < -0.3 is 15.0 Å². The number of rotatable bonds is 5. The fourth-order valence-corrected chi connectivity index (χ4v) is 3.72. The van der Waals surface area contributed by atoms with Crippen LogP contribution in [0.4, 0.5) is 5.95 Å². The van der Waals surface area contributed by atoms with Crippen LogP contribution in [0.5, 0.6) is 5.75 Å². The lowest BCUT2D eigenvalue weighted by molar-refractivity contribution is 0.151. The number of halogens is 1. The molecule has 3 aromatic rings. The first-order chi connectivity index (χ1) is 13.2. The molecule has 0 spiro atoms. The van der Waals surface area contributed by atoms with Crippen molar-refractivity contribution in [2.24, 2.45) is 0 Å². The van der Waals surface area contributed by atoms with Crippen LogP contribution in [0, 0.1) is 0 Å². The SMILES string of the molecule is O=c1cnc2cc(CBr)cc(OC3CCC(Nc4ncccn4)CC3)c2[nH]1. The smallest absolute Gasteiger partial charge is 0.266 e. The van der Waals surface area contributed by atoms with Crippen LogP contribution in [-0.4, -0.2) is 32.1 Å². The molecule has 0 unspecified atom stereocenters. The van der Waals surface area contributed by atoms with Crippen LogP contribution in [0.2, 0.25) is 0 Å². The van der Waals surface area contributed by atoms with E-state index in [9.17, 15) is 4.79 Å². The standard InChI is InChI=1S/C19H20BrN5O2/c20-10-12-8-15-18(25-17(26)11-23-15)16(9-12)27-14-4-2-13(3-5-14)24-19-21-6-1-7-22-19/h1,6-9,11,13-14H,2-5,10H2,(H,25,26)(H,21,22,24). The molecule has 0 atom stereocenters. The van der Waals surface area contributed by atoms with Crippen molar-refractivity contribution in [3.8, 4) is 5.75 Å². The highest BCUT2D eigenvalue weighted by molar-refractivity contribution is 9.08. The van der Waals surface area contributed by atoms with E-state index in [4.69, 9.17) is 4.74 Å². The number of aromatic amines is 1. The Balaban J connectivity index is 1.46. The minimum Gasteiger partial charge on any atom is -0.488 e. The normalized spacial score (nSPS) is 19.7. The number of ether oxygens (including phenoxy) is 1. The first-order valence-corrected chi connectivity index (χ1v) is 10.1. The molecule has 27 heavy (non-hydrogen) atoms. The first kappa shape index (κ1) is 17.9. The van der Waals surface area contributed by atoms with Crippen molar-refractivity contribution in [1.29, 1.82) is 0 Å². The first-order valence-electron chi connectivity index (χ1n) is 8.99. The van der Waals surface area contributed by atoms with Gasteiger partial charge in [0.15, 0.2) is 0 Å². The molecule has 1 aliphatic carbocycles. The molecule has 8 heteroatoms. The number of H-pyrrole nitrogens is 1. The molecule has 0 bridgehead atoms. The van der Waals surface area contributed by atoms with Crippen molar-refractivity contribution in [3.05, 3.63) is 52.7 Å². The van der Waals surface area contributed by atoms with Gasteiger partial charge in [0.2, 0.25) is 5.95 Å². The number of fused-ring (bicyclic) bond motifs is 1. The van der Waals surface area contributed by atoms with Crippen molar-refractivity contribution in [3.63, 3.8) is 0 Å². The zero-order chi connectivity index (χ0) is 18.6. The molecule has 0 aliphatic heterocycles. The summed E-state index contributed by atoms with van der Waals surface area (Å²) < 4.78 is 6.27. The van der Waals surface area contributed by atoms with Gasteiger partial charge in [0.05, 0.1) is 17.8 Å². The summed E-state index contributed by atoms with van der Waals surface area (Å²) in [6.07, 6.45) is 8.69. The average Bonchev–Trinajstić information content (AvgIpc) is 2.70. The third-order valence-electron chi connectivity index (χ3n) is 4.73. The van der Waals surface area contributed by atoms with Crippen molar-refractivity contribution in [2.45, 2.75) is 43.2 Å². The van der Waals surface area contributed by atoms with Gasteiger partial charge in [-0.1, -0.05) is 15.9 Å². The molecule has 4 rings (SSSR count). The second-order valence-electron chi connectivity index (χ2n) is 6.68. The number of alkyl halides is 1. The predicted octanol–water partition coefficient (Wildman–Crippen LogP) is 3.41. The van der Waals surface area contributed by atoms with Crippen molar-refractivity contribution in [2.75, 3.05) is 5.32 Å². The highest BCUT2D eigenvalue weighted by Crippen LogP contribution is 2.30. The van der Waals surface area contributed by atoms with Gasteiger partial charge in [-0.15, -0.1) is 0 Å². The molecular formula is C19H20BrN5O2. The molecule has 2 aromatic heterocycles. The summed E-state index contributed by atoms with van der Waals surface area (Å²) in [7, 11) is 0. The second-order valence-corrected chi connectivity index (χ2v) is 7.24. The minimum absolute atomic E-state index is 0.109. The predicted molar refractivity (Wildman–Crippen MR) is 107 cm³/mol. The molecule has 1 aromatic carbocycles. The molecule has 1 aliphatic rings. The Labute approximate surface area is 164 Å². The number of nitrogens with one attached hydrogen (secondary N) is 2. The van der Waals surface area contributed by atoms with E-state index in [0.717, 1.165) is 36.8 Å². The average molecular weight is 430 g/mol. The molecule has 2 heterocycles. The number of hydrogen-bond acceptors (Lipinski definition) is 6. The quantitative estimate of drug-likeness (QED) is 0.603. The van der Waals surface area contributed by atoms with E-state index in [0.29, 0.717) is 28.6 Å². The van der Waals surface area contributed by atoms with Crippen molar-refractivity contribution < 1.29 is 4.74 Å². The fourth-order valence-electron chi connectivity index (χ4n) is 3.40. The summed E-state index contributed by atoms with van der Waals surface area (Å²) in [6.45, 7) is 0. The molecular weight excluding hydrogens is 410 g/mol. The van der Waals surface area contributed by atoms with Crippen LogP contribution < -0.4 is 15.6 Å². The van der Waals surface area contributed by atoms with Crippen LogP contribution in [0.25, 0.3) is 11.0 Å². The molecule has 0 saturated heterocycles. The van der Waals surface area contributed by atoms with Gasteiger partial charge in [-0.3, -0.25) is 4.79 Å². The van der Waals surface area contributed by atoms with Crippen LogP contribution in [-0.2, 0) is 5.33 Å². The molecule has 0 amide bonds. The Morgan fingerprint density at radius 3 is 2.67 bits per heavy atom. The lowest BCUT2D eigenvalue weighted by Crippen LogP contribution is -2.31. The van der Waals surface area contributed by atoms with Gasteiger partial charge in [0.1, 0.15) is 11.3 Å². The largest absolute Gasteiger partial charge is 0.488 e. The number of benzene rings is 1. The highest BCUT2D eigenvalue weighted by Gasteiger charge is 2.23. The van der Waals surface area contributed by atoms with Gasteiger partial charge >= 0.3 is 0 Å². The van der Waals surface area contributed by atoms with Gasteiger partial charge in [-0.25, -0.2) is 15.0 Å². The van der Waals surface area contributed by atoms with E-state index in [2.05, 4.69) is 41.2 Å². The second kappa shape index (κ2) is 8.04. The van der Waals surface area contributed by atoms with Gasteiger partial charge in [-0.2, -0.15) is 0 Å². The molecule has 140 valence electrons. The van der Waals surface area contributed by atoms with E-state index >= 15 is 0 Å². The Bertz CT molecular complexity index is 971. The zero-order valence-electron chi connectivity index (χ0n) is 14.7. The summed E-state index contributed by atoms with van der Waals surface area (Å²) in [5.41, 5.74) is 2.23. The molecule has 0 radical (unpaired) electrons. The van der Waals surface area contributed by atoms with Crippen LogP contribution in [0.1, 0.15) is 31.2 Å². The molecule has 1 fully saturated rings. The minimum atomic E-state index is -0.227. The van der Waals surface area contributed by atoms with E-state index in [1.165, 1.54) is 6.20 Å². The van der Waals surface area contributed by atoms with Crippen LogP contribution in [0.15, 0.2) is 41.6 Å². The maximum absolute atomic E-state index is 11.7. The molecule has 1 saturated carbocycles. The lowest BCUT2D eigenvalue weighted by Gasteiger charge is -2.29. The van der Waals surface area contributed by atoms with E-state index < -0.39 is 0 Å². The van der Waals surface area contributed by atoms with E-state index in [-0.39, 0.29) is 11.7 Å². The summed E-state index contributed by atoms with van der Waals surface area (Å²) in [5.74, 6) is 1.36. The van der Waals surface area contributed by atoms with Gasteiger partial charge in [0.25, 0.3) is 5.56 Å². The Morgan fingerprint density at radius 2 is 1.93 bits per heavy atom. The third-order valence-corrected chi connectivity index (χ3v) is 5.38. The summed E-state index contributed by atoms with van der Waals surface area (Å²) in [5, 5.41) is 4.08. The maximum atomic E-state index is 11.7. The van der Waals surface area contributed by atoms with Gasteiger partial charge in [0, 0.05) is 23.8 Å². The molecule has 2 N–H and O–H groups in total.